The van der Waals surface area contributed by atoms with E-state index in [-0.39, 0.29) is 17.9 Å². The molecule has 1 aliphatic heterocycles. The second-order valence-electron chi connectivity index (χ2n) is 7.71. The topological polar surface area (TPSA) is 49.4 Å². The molecule has 1 aromatic rings. The number of benzene rings is 1. The summed E-state index contributed by atoms with van der Waals surface area (Å²) in [5, 5.41) is 4.16. The molecule has 27 heavy (non-hydrogen) atoms. The second kappa shape index (κ2) is 9.79. The summed E-state index contributed by atoms with van der Waals surface area (Å²) < 4.78 is 0. The summed E-state index contributed by atoms with van der Waals surface area (Å²) in [6.45, 7) is 1.50. The van der Waals surface area contributed by atoms with E-state index in [0.29, 0.717) is 28.8 Å². The van der Waals surface area contributed by atoms with Crippen molar-refractivity contribution in [2.24, 2.45) is 5.92 Å². The Bertz CT molecular complexity index is 666. The van der Waals surface area contributed by atoms with Crippen LogP contribution in [-0.4, -0.2) is 35.8 Å². The van der Waals surface area contributed by atoms with Crippen molar-refractivity contribution >= 4 is 35.0 Å². The van der Waals surface area contributed by atoms with Crippen molar-refractivity contribution in [3.8, 4) is 0 Å². The van der Waals surface area contributed by atoms with Crippen LogP contribution in [0.15, 0.2) is 18.2 Å². The molecule has 0 unspecified atom stereocenters. The molecule has 2 aliphatic rings. The van der Waals surface area contributed by atoms with Gasteiger partial charge in [-0.15, -0.1) is 0 Å². The second-order valence-corrected chi connectivity index (χ2v) is 8.50. The molecule has 2 amide bonds. The van der Waals surface area contributed by atoms with Gasteiger partial charge in [0, 0.05) is 31.5 Å². The average Bonchev–Trinajstić information content (AvgIpc) is 2.70. The van der Waals surface area contributed by atoms with Crippen LogP contribution in [0.3, 0.4) is 0 Å². The summed E-state index contributed by atoms with van der Waals surface area (Å²) in [6, 6.07) is 5.65. The minimum Gasteiger partial charge on any atom is -0.353 e. The van der Waals surface area contributed by atoms with Crippen molar-refractivity contribution in [3.63, 3.8) is 0 Å². The number of hydrogen-bond donors (Lipinski definition) is 1. The van der Waals surface area contributed by atoms with Gasteiger partial charge in [0.1, 0.15) is 0 Å². The van der Waals surface area contributed by atoms with Crippen LogP contribution in [0.1, 0.15) is 56.9 Å². The summed E-state index contributed by atoms with van der Waals surface area (Å²) in [7, 11) is 0. The molecule has 6 heteroatoms. The molecule has 0 spiro atoms. The monoisotopic (exact) mass is 410 g/mol. The minimum absolute atomic E-state index is 0.0306. The van der Waals surface area contributed by atoms with E-state index in [1.54, 1.807) is 6.07 Å². The van der Waals surface area contributed by atoms with Crippen LogP contribution >= 0.6 is 23.2 Å². The molecular formula is C21H28Cl2N2O2. The number of hydrogen-bond acceptors (Lipinski definition) is 2. The number of nitrogens with zero attached hydrogens (tertiary/aromatic N) is 1. The number of aryl methyl sites for hydroxylation is 1. The lowest BCUT2D eigenvalue weighted by Gasteiger charge is -2.35. The van der Waals surface area contributed by atoms with E-state index in [1.807, 2.05) is 17.0 Å². The smallest absolute Gasteiger partial charge is 0.225 e. The number of carbonyl (C=O) groups excluding carboxylic acids is 2. The molecule has 1 N–H and O–H groups in total. The highest BCUT2D eigenvalue weighted by molar-refractivity contribution is 6.42. The molecule has 0 aromatic heterocycles. The minimum atomic E-state index is 0.0306. The van der Waals surface area contributed by atoms with Crippen LogP contribution in [0.2, 0.25) is 10.0 Å². The van der Waals surface area contributed by atoms with Gasteiger partial charge in [-0.1, -0.05) is 54.6 Å². The maximum Gasteiger partial charge on any atom is 0.225 e. The Balaban J connectivity index is 1.40. The SMILES string of the molecule is O=C(CCc1cccc(Cl)c1Cl)NC1CCN(C(=O)C2CCCCC2)CC1. The molecule has 1 saturated heterocycles. The van der Waals surface area contributed by atoms with Gasteiger partial charge in [0.15, 0.2) is 0 Å². The molecule has 1 aliphatic carbocycles. The van der Waals surface area contributed by atoms with Crippen molar-refractivity contribution in [2.45, 2.75) is 63.8 Å². The van der Waals surface area contributed by atoms with Gasteiger partial charge in [-0.3, -0.25) is 9.59 Å². The fraction of sp³-hybridized carbons (Fsp3) is 0.619. The normalized spacial score (nSPS) is 19.1. The van der Waals surface area contributed by atoms with E-state index >= 15 is 0 Å². The van der Waals surface area contributed by atoms with E-state index < -0.39 is 0 Å². The van der Waals surface area contributed by atoms with Gasteiger partial charge in [-0.25, -0.2) is 0 Å². The van der Waals surface area contributed by atoms with Gasteiger partial charge >= 0.3 is 0 Å². The van der Waals surface area contributed by atoms with E-state index in [9.17, 15) is 9.59 Å². The molecule has 2 fully saturated rings. The Morgan fingerprint density at radius 3 is 2.44 bits per heavy atom. The fourth-order valence-corrected chi connectivity index (χ4v) is 4.56. The van der Waals surface area contributed by atoms with Crippen LogP contribution in [0, 0.1) is 5.92 Å². The van der Waals surface area contributed by atoms with Crippen molar-refractivity contribution in [2.75, 3.05) is 13.1 Å². The van der Waals surface area contributed by atoms with Crippen molar-refractivity contribution in [1.29, 1.82) is 0 Å². The lowest BCUT2D eigenvalue weighted by atomic mass is 9.87. The summed E-state index contributed by atoms with van der Waals surface area (Å²) in [5.74, 6) is 0.588. The Morgan fingerprint density at radius 2 is 1.74 bits per heavy atom. The summed E-state index contributed by atoms with van der Waals surface area (Å²) in [6.07, 6.45) is 8.34. The first kappa shape index (κ1) is 20.5. The van der Waals surface area contributed by atoms with Gasteiger partial charge in [-0.05, 0) is 43.7 Å². The van der Waals surface area contributed by atoms with Crippen LogP contribution in [0.4, 0.5) is 0 Å². The van der Waals surface area contributed by atoms with E-state index in [0.717, 1.165) is 44.3 Å². The first-order valence-corrected chi connectivity index (χ1v) is 10.8. The zero-order chi connectivity index (χ0) is 19.2. The van der Waals surface area contributed by atoms with Gasteiger partial charge in [-0.2, -0.15) is 0 Å². The van der Waals surface area contributed by atoms with Crippen molar-refractivity contribution in [1.82, 2.24) is 10.2 Å². The quantitative estimate of drug-likeness (QED) is 0.769. The third-order valence-corrected chi connectivity index (χ3v) is 6.64. The summed E-state index contributed by atoms with van der Waals surface area (Å²) in [5.41, 5.74) is 0.896. The van der Waals surface area contributed by atoms with Crippen molar-refractivity contribution in [3.05, 3.63) is 33.8 Å². The van der Waals surface area contributed by atoms with Gasteiger partial charge in [0.05, 0.1) is 10.0 Å². The molecule has 0 bridgehead atoms. The van der Waals surface area contributed by atoms with E-state index in [1.165, 1.54) is 19.3 Å². The fourth-order valence-electron chi connectivity index (χ4n) is 4.14. The Labute approximate surface area is 171 Å². The number of rotatable bonds is 5. The highest BCUT2D eigenvalue weighted by atomic mass is 35.5. The predicted molar refractivity (Wildman–Crippen MR) is 109 cm³/mol. The van der Waals surface area contributed by atoms with Gasteiger partial charge < -0.3 is 10.2 Å². The standard InChI is InChI=1S/C21H28Cl2N2O2/c22-18-8-4-7-15(20(18)23)9-10-19(26)24-17-11-13-25(14-12-17)21(27)16-5-2-1-3-6-16/h4,7-8,16-17H,1-3,5-6,9-14H2,(H,24,26). The van der Waals surface area contributed by atoms with Crippen LogP contribution in [0.5, 0.6) is 0 Å². The zero-order valence-corrected chi connectivity index (χ0v) is 17.2. The maximum absolute atomic E-state index is 12.6. The molecular weight excluding hydrogens is 383 g/mol. The molecule has 1 heterocycles. The highest BCUT2D eigenvalue weighted by Crippen LogP contribution is 2.27. The largest absolute Gasteiger partial charge is 0.353 e. The van der Waals surface area contributed by atoms with Gasteiger partial charge in [0.2, 0.25) is 11.8 Å². The first-order valence-electron chi connectivity index (χ1n) is 10.1. The highest BCUT2D eigenvalue weighted by Gasteiger charge is 2.29. The molecule has 4 nitrogen and oxygen atoms in total. The number of likely N-dealkylation sites (tertiary alicyclic amines) is 1. The Morgan fingerprint density at radius 1 is 1.04 bits per heavy atom. The Kier molecular flexibility index (Phi) is 7.42. The number of piperidine rings is 1. The molecule has 0 atom stereocenters. The Hall–Kier alpha value is -1.26. The van der Waals surface area contributed by atoms with Crippen LogP contribution < -0.4 is 5.32 Å². The first-order chi connectivity index (χ1) is 13.0. The van der Waals surface area contributed by atoms with Crippen LogP contribution in [-0.2, 0) is 16.0 Å². The lowest BCUT2D eigenvalue weighted by Crippen LogP contribution is -2.48. The average molecular weight is 411 g/mol. The molecule has 1 aromatic carbocycles. The van der Waals surface area contributed by atoms with Gasteiger partial charge in [0.25, 0.3) is 0 Å². The molecule has 148 valence electrons. The number of nitrogens with one attached hydrogen (secondary N) is 1. The zero-order valence-electron chi connectivity index (χ0n) is 15.7. The van der Waals surface area contributed by atoms with E-state index in [4.69, 9.17) is 23.2 Å². The predicted octanol–water partition coefficient (Wildman–Crippen LogP) is 4.61. The molecule has 3 rings (SSSR count). The van der Waals surface area contributed by atoms with Crippen molar-refractivity contribution < 1.29 is 9.59 Å². The third-order valence-electron chi connectivity index (χ3n) is 5.78. The molecule has 0 radical (unpaired) electrons. The number of carbonyl (C=O) groups is 2. The summed E-state index contributed by atoms with van der Waals surface area (Å²) in [4.78, 5) is 26.9. The maximum atomic E-state index is 12.6. The summed E-state index contributed by atoms with van der Waals surface area (Å²) >= 11 is 12.2. The number of amides is 2. The molecule has 1 saturated carbocycles. The third kappa shape index (κ3) is 5.61. The van der Waals surface area contributed by atoms with Crippen LogP contribution in [0.25, 0.3) is 0 Å². The lowest BCUT2D eigenvalue weighted by molar-refractivity contribution is -0.137. The number of halogens is 2. The van der Waals surface area contributed by atoms with E-state index in [2.05, 4.69) is 5.32 Å².